The van der Waals surface area contributed by atoms with E-state index in [0.717, 1.165) is 26.6 Å². The summed E-state index contributed by atoms with van der Waals surface area (Å²) in [5.74, 6) is 0.321. The molecule has 0 atom stereocenters. The first-order chi connectivity index (χ1) is 18.4. The minimum Gasteiger partial charge on any atom is -0.282 e. The summed E-state index contributed by atoms with van der Waals surface area (Å²) in [6.07, 6.45) is 0. The Kier molecular flexibility index (Phi) is 10.2. The first kappa shape index (κ1) is 29.8. The van der Waals surface area contributed by atoms with Gasteiger partial charge in [-0.25, -0.2) is 0 Å². The summed E-state index contributed by atoms with van der Waals surface area (Å²) in [6.45, 7) is 4.60. The average molecular weight is 607 g/mol. The van der Waals surface area contributed by atoms with Crippen LogP contribution >= 0.6 is 0 Å². The second-order valence-corrected chi connectivity index (χ2v) is 11.0. The van der Waals surface area contributed by atoms with Crippen molar-refractivity contribution in [2.75, 3.05) is 0 Å². The Labute approximate surface area is 237 Å². The van der Waals surface area contributed by atoms with Gasteiger partial charge in [-0.05, 0) is 19.1 Å². The predicted octanol–water partition coefficient (Wildman–Crippen LogP) is 4.75. The number of hydrogen-bond acceptors (Lipinski definition) is 6. The molecule has 0 bridgehead atoms. The molecule has 0 fully saturated rings. The zero-order valence-electron chi connectivity index (χ0n) is 21.6. The Morgan fingerprint density at radius 3 is 1.54 bits per heavy atom. The number of benzene rings is 4. The number of aryl methyl sites for hydroxylation is 1. The maximum Gasteiger partial charge on any atom is 0.294 e. The van der Waals surface area contributed by atoms with E-state index in [-0.39, 0.29) is 22.8 Å². The molecule has 0 heterocycles. The summed E-state index contributed by atoms with van der Waals surface area (Å²) in [7, 11) is -4.02. The van der Waals surface area contributed by atoms with Crippen LogP contribution in [0.3, 0.4) is 0 Å². The number of ether oxygens (including phenoxy) is 2. The van der Waals surface area contributed by atoms with E-state index < -0.39 is 10.1 Å². The van der Waals surface area contributed by atoms with Crippen molar-refractivity contribution in [1.82, 2.24) is 0 Å². The van der Waals surface area contributed by atoms with Crippen LogP contribution in [0.2, 0.25) is 0 Å². The summed E-state index contributed by atoms with van der Waals surface area (Å²) in [5, 5.41) is 0. The van der Waals surface area contributed by atoms with E-state index in [1.807, 2.05) is 43.3 Å². The molecule has 7 nitrogen and oxygen atoms in total. The first-order valence-corrected chi connectivity index (χ1v) is 14.2. The van der Waals surface area contributed by atoms with Gasteiger partial charge >= 0.3 is 173 Å². The van der Waals surface area contributed by atoms with Crippen LogP contribution in [0.25, 0.3) is 0 Å². The van der Waals surface area contributed by atoms with Crippen LogP contribution < -0.4 is 13.8 Å². The van der Waals surface area contributed by atoms with Gasteiger partial charge in [0, 0.05) is 0 Å². The molecular weight excluding hydrogens is 579 g/mol. The largest absolute Gasteiger partial charge is 0.294 e. The summed E-state index contributed by atoms with van der Waals surface area (Å²) >= 11 is 2.61. The van der Waals surface area contributed by atoms with E-state index in [4.69, 9.17) is 14.0 Å². The number of hydrogen-bond donors (Lipinski definition) is 1. The molecule has 39 heavy (non-hydrogen) atoms. The number of carbonyl (C=O) groups is 2. The van der Waals surface area contributed by atoms with Crippen molar-refractivity contribution < 1.29 is 32.0 Å². The van der Waals surface area contributed by atoms with E-state index in [1.54, 1.807) is 36.4 Å². The molecule has 1 N–H and O–H groups in total. The molecule has 0 spiro atoms. The molecule has 4 aromatic rings. The third kappa shape index (κ3) is 8.92. The molecule has 2 radical (unpaired) electrons. The van der Waals surface area contributed by atoms with Gasteiger partial charge in [-0.1, -0.05) is 17.7 Å². The summed E-state index contributed by atoms with van der Waals surface area (Å²) in [6, 6.07) is 29.2. The van der Waals surface area contributed by atoms with E-state index in [0.29, 0.717) is 11.5 Å². The van der Waals surface area contributed by atoms with Gasteiger partial charge in [-0.15, -0.1) is 0 Å². The van der Waals surface area contributed by atoms with Gasteiger partial charge in [0.2, 0.25) is 0 Å². The normalized spacial score (nSPS) is 10.8. The van der Waals surface area contributed by atoms with Crippen LogP contribution in [0.15, 0.2) is 102 Å². The van der Waals surface area contributed by atoms with Crippen LogP contribution in [0.4, 0.5) is 0 Å². The van der Waals surface area contributed by atoms with Crippen LogP contribution in [-0.4, -0.2) is 41.8 Å². The molecular formula is C30H27AsO7S. The van der Waals surface area contributed by atoms with Gasteiger partial charge in [0.25, 0.3) is 10.1 Å². The van der Waals surface area contributed by atoms with Crippen molar-refractivity contribution in [2.24, 2.45) is 0 Å². The van der Waals surface area contributed by atoms with Gasteiger partial charge in [0.15, 0.2) is 0 Å². The Hall–Kier alpha value is -3.71. The Bertz CT molecular complexity index is 1470. The van der Waals surface area contributed by atoms with Crippen LogP contribution in [0, 0.1) is 6.92 Å². The molecule has 0 saturated carbocycles. The molecule has 0 aromatic heterocycles. The maximum absolute atomic E-state index is 11.2. The number of rotatable bonds is 6. The Morgan fingerprint density at radius 1 is 0.718 bits per heavy atom. The summed E-state index contributed by atoms with van der Waals surface area (Å²) in [5.41, 5.74) is 4.24. The van der Waals surface area contributed by atoms with Crippen molar-refractivity contribution >= 4 is 43.3 Å². The van der Waals surface area contributed by atoms with E-state index in [9.17, 15) is 18.0 Å². The maximum atomic E-state index is 11.2. The SMILES string of the molecule is CC(=O)Oc1ccc(C(c2ccc(OC(C)=O)cc2)c2ccccc2[As])cc1.Cc1ccc(S(=O)(=O)O)cc1. The summed E-state index contributed by atoms with van der Waals surface area (Å²) < 4.78 is 41.0. The van der Waals surface area contributed by atoms with Gasteiger partial charge in [-0.3, -0.25) is 4.55 Å². The predicted molar refractivity (Wildman–Crippen MR) is 149 cm³/mol. The quantitative estimate of drug-likeness (QED) is 0.111. The van der Waals surface area contributed by atoms with Gasteiger partial charge < -0.3 is 0 Å². The van der Waals surface area contributed by atoms with Gasteiger partial charge in [-0.2, -0.15) is 8.42 Å². The molecule has 200 valence electrons. The smallest absolute Gasteiger partial charge is 0.282 e. The van der Waals surface area contributed by atoms with E-state index in [2.05, 4.69) is 29.0 Å². The average Bonchev–Trinajstić information content (AvgIpc) is 2.87. The third-order valence-corrected chi connectivity index (χ3v) is 7.24. The summed E-state index contributed by atoms with van der Waals surface area (Å²) in [4.78, 5) is 22.3. The minimum absolute atomic E-state index is 0.0166. The van der Waals surface area contributed by atoms with Gasteiger partial charge in [0.1, 0.15) is 0 Å². The monoisotopic (exact) mass is 606 g/mol. The molecule has 0 aliphatic carbocycles. The second-order valence-electron chi connectivity index (χ2n) is 8.61. The van der Waals surface area contributed by atoms with Crippen molar-refractivity contribution in [3.05, 3.63) is 119 Å². The van der Waals surface area contributed by atoms with Crippen molar-refractivity contribution in [3.8, 4) is 11.5 Å². The third-order valence-electron chi connectivity index (χ3n) is 5.52. The Morgan fingerprint density at radius 2 is 1.15 bits per heavy atom. The fraction of sp³-hybridized carbons (Fsp3) is 0.133. The molecule has 0 saturated heterocycles. The van der Waals surface area contributed by atoms with Crippen molar-refractivity contribution in [2.45, 2.75) is 31.6 Å². The van der Waals surface area contributed by atoms with Crippen LogP contribution in [0.1, 0.15) is 42.0 Å². The molecule has 9 heteroatoms. The Balaban J connectivity index is 0.000000320. The van der Waals surface area contributed by atoms with Crippen LogP contribution in [0.5, 0.6) is 11.5 Å². The molecule has 4 aromatic carbocycles. The molecule has 0 amide bonds. The number of esters is 2. The zero-order valence-corrected chi connectivity index (χ0v) is 24.3. The fourth-order valence-electron chi connectivity index (χ4n) is 3.78. The number of carbonyl (C=O) groups excluding carboxylic acids is 2. The van der Waals surface area contributed by atoms with E-state index >= 15 is 0 Å². The first-order valence-electron chi connectivity index (χ1n) is 11.8. The second kappa shape index (κ2) is 13.4. The molecule has 0 aliphatic heterocycles. The standard InChI is InChI=1S/C23H19AsO4.C7H8O3S/c1-15(25)27-19-11-7-17(8-12-19)23(21-5-3-4-6-22(21)24)18-9-13-20(14-10-18)28-16(2)26;1-6-2-4-7(5-3-6)11(8,9)10/h3-14,23H,1-2H3;2-5H,1H3,(H,8,9,10). The molecule has 0 unspecified atom stereocenters. The van der Waals surface area contributed by atoms with Crippen LogP contribution in [-0.2, 0) is 19.7 Å². The minimum atomic E-state index is -4.02. The van der Waals surface area contributed by atoms with Crippen molar-refractivity contribution in [1.29, 1.82) is 0 Å². The zero-order chi connectivity index (χ0) is 28.6. The molecule has 0 aliphatic rings. The van der Waals surface area contributed by atoms with E-state index in [1.165, 1.54) is 26.0 Å². The topological polar surface area (TPSA) is 107 Å². The fourth-order valence-corrected chi connectivity index (χ4v) is 4.87. The van der Waals surface area contributed by atoms with Gasteiger partial charge in [0.05, 0.1) is 4.90 Å². The molecule has 4 rings (SSSR count). The van der Waals surface area contributed by atoms with Crippen molar-refractivity contribution in [3.63, 3.8) is 0 Å².